The van der Waals surface area contributed by atoms with Gasteiger partial charge < -0.3 is 14.7 Å². The van der Waals surface area contributed by atoms with Crippen LogP contribution in [0.2, 0.25) is 0 Å². The van der Waals surface area contributed by atoms with Gasteiger partial charge in [-0.1, -0.05) is 0 Å². The molecule has 1 aromatic carbocycles. The van der Waals surface area contributed by atoms with Crippen LogP contribution in [0.15, 0.2) is 24.3 Å². The molecule has 0 spiro atoms. The summed E-state index contributed by atoms with van der Waals surface area (Å²) in [5.74, 6) is 2.06. The molecule has 6 heteroatoms. The molecule has 2 aliphatic rings. The summed E-state index contributed by atoms with van der Waals surface area (Å²) in [4.78, 5) is 14.2. The quantitative estimate of drug-likeness (QED) is 0.884. The number of nitrogens with zero attached hydrogens (tertiary/aromatic N) is 1. The molecule has 1 aliphatic heterocycles. The summed E-state index contributed by atoms with van der Waals surface area (Å²) in [6.07, 6.45) is 3.14. The number of benzene rings is 1. The molecule has 2 fully saturated rings. The van der Waals surface area contributed by atoms with Gasteiger partial charge in [-0.2, -0.15) is 11.8 Å². The normalized spacial score (nSPS) is 29.4. The van der Waals surface area contributed by atoms with E-state index in [9.17, 15) is 14.3 Å². The number of thioether (sulfide) groups is 1. The number of rotatable bonds is 5. The lowest BCUT2D eigenvalue weighted by molar-refractivity contribution is -0.129. The second-order valence-electron chi connectivity index (χ2n) is 6.71. The van der Waals surface area contributed by atoms with Crippen molar-refractivity contribution in [2.75, 3.05) is 25.1 Å². The molecule has 0 unspecified atom stereocenters. The SMILES string of the molecule is CSCCC(=O)N1C[C@H]2C[C@@H](Oc3ccc(F)cc3)[C@H](O)C[C@H]2C1. The fraction of sp³-hybridized carbons (Fsp3) is 0.611. The highest BCUT2D eigenvalue weighted by Gasteiger charge is 2.43. The zero-order valence-electron chi connectivity index (χ0n) is 13.9. The molecule has 0 bridgehead atoms. The maximum atomic E-state index is 13.0. The highest BCUT2D eigenvalue weighted by Crippen LogP contribution is 2.38. The number of halogens is 1. The lowest BCUT2D eigenvalue weighted by Crippen LogP contribution is -2.42. The molecular formula is C18H24FNO3S. The van der Waals surface area contributed by atoms with Crippen LogP contribution in [-0.4, -0.2) is 53.2 Å². The fourth-order valence-electron chi connectivity index (χ4n) is 3.76. The van der Waals surface area contributed by atoms with E-state index in [1.807, 2.05) is 11.2 Å². The van der Waals surface area contributed by atoms with Gasteiger partial charge in [0.1, 0.15) is 17.7 Å². The van der Waals surface area contributed by atoms with E-state index in [-0.39, 0.29) is 17.8 Å². The predicted molar refractivity (Wildman–Crippen MR) is 92.6 cm³/mol. The molecule has 1 saturated heterocycles. The highest BCUT2D eigenvalue weighted by molar-refractivity contribution is 7.98. The Kier molecular flexibility index (Phi) is 5.66. The molecule has 3 rings (SSSR count). The number of aliphatic hydroxyl groups excluding tert-OH is 1. The molecule has 0 aromatic heterocycles. The van der Waals surface area contributed by atoms with Crippen LogP contribution in [-0.2, 0) is 4.79 Å². The van der Waals surface area contributed by atoms with Crippen LogP contribution in [0.4, 0.5) is 4.39 Å². The Labute approximate surface area is 146 Å². The Balaban J connectivity index is 1.58. The molecule has 1 aliphatic carbocycles. The lowest BCUT2D eigenvalue weighted by atomic mass is 9.78. The third-order valence-corrected chi connectivity index (χ3v) is 5.67. The first-order valence-corrected chi connectivity index (χ1v) is 9.83. The summed E-state index contributed by atoms with van der Waals surface area (Å²) < 4.78 is 18.8. The van der Waals surface area contributed by atoms with Crippen molar-refractivity contribution >= 4 is 17.7 Å². The van der Waals surface area contributed by atoms with Gasteiger partial charge in [0, 0.05) is 25.3 Å². The number of amides is 1. The molecule has 0 radical (unpaired) electrons. The topological polar surface area (TPSA) is 49.8 Å². The Morgan fingerprint density at radius 3 is 2.62 bits per heavy atom. The van der Waals surface area contributed by atoms with Crippen molar-refractivity contribution in [3.05, 3.63) is 30.1 Å². The predicted octanol–water partition coefficient (Wildman–Crippen LogP) is 2.56. The van der Waals surface area contributed by atoms with Crippen LogP contribution in [0.1, 0.15) is 19.3 Å². The van der Waals surface area contributed by atoms with Gasteiger partial charge in [0.15, 0.2) is 0 Å². The molecule has 4 nitrogen and oxygen atoms in total. The third kappa shape index (κ3) is 4.03. The minimum Gasteiger partial charge on any atom is -0.488 e. The van der Waals surface area contributed by atoms with Crippen LogP contribution in [0.3, 0.4) is 0 Å². The first kappa shape index (κ1) is 17.5. The molecule has 1 amide bonds. The number of fused-ring (bicyclic) bond motifs is 1. The van der Waals surface area contributed by atoms with Crippen LogP contribution >= 0.6 is 11.8 Å². The summed E-state index contributed by atoms with van der Waals surface area (Å²) in [6, 6.07) is 5.88. The number of hydrogen-bond acceptors (Lipinski definition) is 4. The fourth-order valence-corrected chi connectivity index (χ4v) is 4.13. The first-order chi connectivity index (χ1) is 11.6. The standard InChI is InChI=1S/C18H24FNO3S/c1-24-7-6-18(22)20-10-12-8-16(21)17(9-13(12)11-20)23-15-4-2-14(19)3-5-15/h2-5,12-13,16-17,21H,6-11H2,1H3/t12-,13+,16+,17+/m0/s1. The van der Waals surface area contributed by atoms with Gasteiger partial charge in [-0.15, -0.1) is 0 Å². The summed E-state index contributed by atoms with van der Waals surface area (Å²) in [5, 5.41) is 10.4. The number of likely N-dealkylation sites (tertiary alicyclic amines) is 1. The van der Waals surface area contributed by atoms with E-state index in [0.29, 0.717) is 30.4 Å². The zero-order valence-corrected chi connectivity index (χ0v) is 14.7. The van der Waals surface area contributed by atoms with E-state index in [2.05, 4.69) is 0 Å². The monoisotopic (exact) mass is 353 g/mol. The molecule has 132 valence electrons. The van der Waals surface area contributed by atoms with Gasteiger partial charge in [0.05, 0.1) is 6.10 Å². The first-order valence-electron chi connectivity index (χ1n) is 8.44. The van der Waals surface area contributed by atoms with Crippen molar-refractivity contribution in [3.63, 3.8) is 0 Å². The molecule has 1 aromatic rings. The van der Waals surface area contributed by atoms with Crippen molar-refractivity contribution < 1.29 is 19.0 Å². The minimum atomic E-state index is -0.544. The molecule has 4 atom stereocenters. The summed E-state index contributed by atoms with van der Waals surface area (Å²) in [6.45, 7) is 1.51. The number of hydrogen-bond donors (Lipinski definition) is 1. The van der Waals surface area contributed by atoms with E-state index in [1.54, 1.807) is 23.9 Å². The smallest absolute Gasteiger partial charge is 0.223 e. The van der Waals surface area contributed by atoms with E-state index in [4.69, 9.17) is 4.74 Å². The maximum absolute atomic E-state index is 13.0. The van der Waals surface area contributed by atoms with Crippen LogP contribution < -0.4 is 4.74 Å². The molecule has 24 heavy (non-hydrogen) atoms. The Hall–Kier alpha value is -1.27. The van der Waals surface area contributed by atoms with E-state index < -0.39 is 6.10 Å². The average molecular weight is 353 g/mol. The summed E-state index contributed by atoms with van der Waals surface area (Å²) in [7, 11) is 0. The second-order valence-corrected chi connectivity index (χ2v) is 7.70. The van der Waals surface area contributed by atoms with E-state index in [1.165, 1.54) is 12.1 Å². The van der Waals surface area contributed by atoms with E-state index in [0.717, 1.165) is 25.3 Å². The molecule has 1 heterocycles. The van der Waals surface area contributed by atoms with Crippen molar-refractivity contribution in [2.45, 2.75) is 31.5 Å². The van der Waals surface area contributed by atoms with Crippen LogP contribution in [0.25, 0.3) is 0 Å². The zero-order chi connectivity index (χ0) is 17.1. The highest BCUT2D eigenvalue weighted by atomic mass is 32.2. The minimum absolute atomic E-state index is 0.212. The van der Waals surface area contributed by atoms with Gasteiger partial charge in [0.25, 0.3) is 0 Å². The Morgan fingerprint density at radius 1 is 1.29 bits per heavy atom. The second kappa shape index (κ2) is 7.74. The van der Waals surface area contributed by atoms with Crippen molar-refractivity contribution in [3.8, 4) is 5.75 Å². The van der Waals surface area contributed by atoms with Crippen LogP contribution in [0, 0.1) is 17.7 Å². The van der Waals surface area contributed by atoms with Gasteiger partial charge >= 0.3 is 0 Å². The number of ether oxygens (including phenoxy) is 1. The van der Waals surface area contributed by atoms with Gasteiger partial charge in [-0.05, 0) is 55.2 Å². The number of carbonyl (C=O) groups is 1. The van der Waals surface area contributed by atoms with Crippen molar-refractivity contribution in [1.82, 2.24) is 4.90 Å². The molecule has 1 saturated carbocycles. The van der Waals surface area contributed by atoms with Gasteiger partial charge in [-0.25, -0.2) is 4.39 Å². The van der Waals surface area contributed by atoms with Crippen molar-refractivity contribution in [2.24, 2.45) is 11.8 Å². The number of carbonyl (C=O) groups excluding carboxylic acids is 1. The number of aliphatic hydroxyl groups is 1. The molecule has 1 N–H and O–H groups in total. The molecular weight excluding hydrogens is 329 g/mol. The van der Waals surface area contributed by atoms with Crippen LogP contribution in [0.5, 0.6) is 5.75 Å². The summed E-state index contributed by atoms with van der Waals surface area (Å²) >= 11 is 1.68. The average Bonchev–Trinajstić information content (AvgIpc) is 2.98. The maximum Gasteiger partial charge on any atom is 0.223 e. The van der Waals surface area contributed by atoms with Gasteiger partial charge in [-0.3, -0.25) is 4.79 Å². The Morgan fingerprint density at radius 2 is 1.96 bits per heavy atom. The Bertz CT molecular complexity index is 568. The summed E-state index contributed by atoms with van der Waals surface area (Å²) in [5.41, 5.74) is 0. The third-order valence-electron chi connectivity index (χ3n) is 5.06. The van der Waals surface area contributed by atoms with Crippen molar-refractivity contribution in [1.29, 1.82) is 0 Å². The van der Waals surface area contributed by atoms with Gasteiger partial charge in [0.2, 0.25) is 5.91 Å². The van der Waals surface area contributed by atoms with E-state index >= 15 is 0 Å². The lowest BCUT2D eigenvalue weighted by Gasteiger charge is -2.35. The largest absolute Gasteiger partial charge is 0.488 e.